The van der Waals surface area contributed by atoms with Gasteiger partial charge in [0.2, 0.25) is 0 Å². The maximum absolute atomic E-state index is 14.5. The Morgan fingerprint density at radius 2 is 2.09 bits per heavy atom. The van der Waals surface area contributed by atoms with Crippen molar-refractivity contribution in [3.8, 4) is 22.5 Å². The number of cyclic esters (lactones) is 1. The van der Waals surface area contributed by atoms with Gasteiger partial charge in [0.25, 0.3) is 5.56 Å². The molecule has 0 fully saturated rings. The number of aryl methyl sites for hydroxylation is 1. The standard InChI is InChI=1S/C24H19FN4O4/c1-3-24(32)16-5-19-21-14(9-29(19)22(30)15(16)10-33-23(24)31)20(12-7-26-27-8-12)13-4-11(2)17(25)6-18(13)28-21/h4-8,32H,3,9-10H2,1-2H3,(H,26,27). The zero-order valence-corrected chi connectivity index (χ0v) is 17.9. The highest BCUT2D eigenvalue weighted by Gasteiger charge is 2.45. The number of hydrogen-bond acceptors (Lipinski definition) is 6. The number of benzene rings is 1. The molecule has 1 atom stereocenters. The van der Waals surface area contributed by atoms with Crippen LogP contribution in [0.4, 0.5) is 4.39 Å². The quantitative estimate of drug-likeness (QED) is 0.404. The van der Waals surface area contributed by atoms with Gasteiger partial charge in [0.15, 0.2) is 5.60 Å². The van der Waals surface area contributed by atoms with Crippen LogP contribution in [0.15, 0.2) is 35.4 Å². The Hall–Kier alpha value is -3.85. The number of aromatic nitrogens is 4. The van der Waals surface area contributed by atoms with Crippen molar-refractivity contribution in [1.82, 2.24) is 19.7 Å². The smallest absolute Gasteiger partial charge is 0.343 e. The second-order valence-electron chi connectivity index (χ2n) is 8.52. The monoisotopic (exact) mass is 446 g/mol. The minimum absolute atomic E-state index is 0.0600. The topological polar surface area (TPSA) is 110 Å². The highest BCUT2D eigenvalue weighted by Crippen LogP contribution is 2.43. The second kappa shape index (κ2) is 6.58. The molecule has 0 amide bonds. The molecule has 2 aliphatic heterocycles. The van der Waals surface area contributed by atoms with E-state index in [2.05, 4.69) is 10.2 Å². The van der Waals surface area contributed by atoms with Crippen LogP contribution >= 0.6 is 0 Å². The number of ether oxygens (including phenoxy) is 1. The number of hydrogen-bond donors (Lipinski definition) is 2. The van der Waals surface area contributed by atoms with Crippen molar-refractivity contribution in [1.29, 1.82) is 0 Å². The number of carbonyl (C=O) groups excluding carboxylic acids is 1. The van der Waals surface area contributed by atoms with E-state index in [4.69, 9.17) is 9.72 Å². The Kier molecular flexibility index (Phi) is 3.95. The van der Waals surface area contributed by atoms with Crippen molar-refractivity contribution < 1.29 is 19.0 Å². The average molecular weight is 446 g/mol. The third kappa shape index (κ3) is 2.53. The van der Waals surface area contributed by atoms with Gasteiger partial charge >= 0.3 is 5.97 Å². The number of esters is 1. The van der Waals surface area contributed by atoms with Gasteiger partial charge in [0.1, 0.15) is 12.4 Å². The maximum atomic E-state index is 14.5. The number of pyridine rings is 2. The molecular weight excluding hydrogens is 427 g/mol. The van der Waals surface area contributed by atoms with Crippen molar-refractivity contribution in [3.05, 3.63) is 69.0 Å². The van der Waals surface area contributed by atoms with Crippen LogP contribution in [-0.4, -0.2) is 30.8 Å². The molecule has 0 aliphatic carbocycles. The molecule has 0 spiro atoms. The lowest BCUT2D eigenvalue weighted by molar-refractivity contribution is -0.172. The van der Waals surface area contributed by atoms with Crippen LogP contribution < -0.4 is 5.56 Å². The van der Waals surface area contributed by atoms with Gasteiger partial charge in [-0.25, -0.2) is 14.2 Å². The van der Waals surface area contributed by atoms with Gasteiger partial charge in [0.05, 0.1) is 35.2 Å². The number of H-pyrrole nitrogens is 1. The van der Waals surface area contributed by atoms with Gasteiger partial charge in [0, 0.05) is 39.9 Å². The van der Waals surface area contributed by atoms with E-state index < -0.39 is 11.6 Å². The number of aromatic amines is 1. The Labute approximate surface area is 186 Å². The molecule has 0 saturated heterocycles. The van der Waals surface area contributed by atoms with Crippen LogP contribution in [0.5, 0.6) is 0 Å². The number of aliphatic hydroxyl groups is 1. The molecule has 1 unspecified atom stereocenters. The predicted octanol–water partition coefficient (Wildman–Crippen LogP) is 2.92. The number of halogens is 1. The first-order valence-electron chi connectivity index (χ1n) is 10.6. The molecule has 2 aliphatic rings. The van der Waals surface area contributed by atoms with Crippen LogP contribution in [-0.2, 0) is 28.3 Å². The van der Waals surface area contributed by atoms with Gasteiger partial charge in [-0.15, -0.1) is 0 Å². The van der Waals surface area contributed by atoms with Crippen molar-refractivity contribution >= 4 is 16.9 Å². The Balaban J connectivity index is 1.71. The van der Waals surface area contributed by atoms with Crippen molar-refractivity contribution in [2.75, 3.05) is 0 Å². The lowest BCUT2D eigenvalue weighted by Gasteiger charge is -2.31. The predicted molar refractivity (Wildman–Crippen MR) is 117 cm³/mol. The Bertz CT molecular complexity index is 1560. The summed E-state index contributed by atoms with van der Waals surface area (Å²) in [7, 11) is 0. The fourth-order valence-corrected chi connectivity index (χ4v) is 4.93. The molecule has 5 heterocycles. The van der Waals surface area contributed by atoms with Crippen LogP contribution in [0.3, 0.4) is 0 Å². The summed E-state index contributed by atoms with van der Waals surface area (Å²) in [6.07, 6.45) is 3.48. The fraction of sp³-hybridized carbons (Fsp3) is 0.250. The molecule has 4 aromatic rings. The third-order valence-corrected chi connectivity index (χ3v) is 6.75. The van der Waals surface area contributed by atoms with Gasteiger partial charge in [-0.3, -0.25) is 9.89 Å². The lowest BCUT2D eigenvalue weighted by Crippen LogP contribution is -2.44. The normalized spacial score (nSPS) is 18.7. The van der Waals surface area contributed by atoms with E-state index in [-0.39, 0.29) is 42.1 Å². The molecular formula is C24H19FN4O4. The Morgan fingerprint density at radius 3 is 2.82 bits per heavy atom. The average Bonchev–Trinajstić information content (AvgIpc) is 3.45. The van der Waals surface area contributed by atoms with Crippen LogP contribution in [0.2, 0.25) is 0 Å². The number of nitrogens with one attached hydrogen (secondary N) is 1. The minimum atomic E-state index is -1.90. The lowest BCUT2D eigenvalue weighted by atomic mass is 9.86. The van der Waals surface area contributed by atoms with E-state index in [1.165, 1.54) is 6.07 Å². The summed E-state index contributed by atoms with van der Waals surface area (Å²) in [5, 5.41) is 18.7. The van der Waals surface area contributed by atoms with E-state index in [9.17, 15) is 19.1 Å². The molecule has 33 heavy (non-hydrogen) atoms. The molecule has 8 nitrogen and oxygen atoms in total. The summed E-state index contributed by atoms with van der Waals surface area (Å²) in [5.41, 5.74) is 2.56. The molecule has 6 rings (SSSR count). The summed E-state index contributed by atoms with van der Waals surface area (Å²) in [4.78, 5) is 30.5. The minimum Gasteiger partial charge on any atom is -0.458 e. The highest BCUT2D eigenvalue weighted by molar-refractivity contribution is 6.00. The first-order valence-corrected chi connectivity index (χ1v) is 10.6. The Morgan fingerprint density at radius 1 is 1.27 bits per heavy atom. The van der Waals surface area contributed by atoms with E-state index in [1.807, 2.05) is 0 Å². The first kappa shape index (κ1) is 19.8. The van der Waals surface area contributed by atoms with Crippen LogP contribution in [0.1, 0.15) is 35.6 Å². The fourth-order valence-electron chi connectivity index (χ4n) is 4.93. The van der Waals surface area contributed by atoms with Crippen molar-refractivity contribution in [3.63, 3.8) is 0 Å². The molecule has 0 bridgehead atoms. The van der Waals surface area contributed by atoms with Crippen molar-refractivity contribution in [2.45, 2.75) is 39.0 Å². The number of carbonyl (C=O) groups is 1. The summed E-state index contributed by atoms with van der Waals surface area (Å²) in [6, 6.07) is 4.78. The van der Waals surface area contributed by atoms with E-state index in [0.717, 1.165) is 22.1 Å². The zero-order valence-electron chi connectivity index (χ0n) is 17.9. The van der Waals surface area contributed by atoms with Gasteiger partial charge in [-0.2, -0.15) is 5.10 Å². The molecule has 2 N–H and O–H groups in total. The van der Waals surface area contributed by atoms with Crippen LogP contribution in [0.25, 0.3) is 33.4 Å². The van der Waals surface area contributed by atoms with E-state index in [0.29, 0.717) is 22.5 Å². The van der Waals surface area contributed by atoms with Gasteiger partial charge in [-0.05, 0) is 31.0 Å². The molecule has 1 aromatic carbocycles. The van der Waals surface area contributed by atoms with Crippen molar-refractivity contribution in [2.24, 2.45) is 0 Å². The summed E-state index contributed by atoms with van der Waals surface area (Å²) >= 11 is 0. The molecule has 166 valence electrons. The number of nitrogens with zero attached hydrogens (tertiary/aromatic N) is 3. The largest absolute Gasteiger partial charge is 0.458 e. The van der Waals surface area contributed by atoms with E-state index in [1.54, 1.807) is 42.9 Å². The zero-order chi connectivity index (χ0) is 23.1. The number of rotatable bonds is 2. The van der Waals surface area contributed by atoms with Crippen LogP contribution in [0, 0.1) is 12.7 Å². The molecule has 0 saturated carbocycles. The summed E-state index contributed by atoms with van der Waals surface area (Å²) < 4.78 is 21.1. The maximum Gasteiger partial charge on any atom is 0.343 e. The highest BCUT2D eigenvalue weighted by atomic mass is 19.1. The SMILES string of the molecule is CCC1(O)C(=O)OCc2c1cc1n(c2=O)Cc2c-1nc1cc(F)c(C)cc1c2-c1cn[nH]c1. The van der Waals surface area contributed by atoms with E-state index >= 15 is 0 Å². The molecule has 0 radical (unpaired) electrons. The first-order chi connectivity index (χ1) is 15.8. The second-order valence-corrected chi connectivity index (χ2v) is 8.52. The third-order valence-electron chi connectivity index (χ3n) is 6.75. The summed E-state index contributed by atoms with van der Waals surface area (Å²) in [6.45, 7) is 3.40. The van der Waals surface area contributed by atoms with Gasteiger partial charge < -0.3 is 14.4 Å². The number of fused-ring (bicyclic) bond motifs is 5. The summed E-state index contributed by atoms with van der Waals surface area (Å²) in [5.74, 6) is -1.15. The molecule has 3 aromatic heterocycles. The molecule has 9 heteroatoms. The van der Waals surface area contributed by atoms with Gasteiger partial charge in [-0.1, -0.05) is 6.92 Å².